The number of benzene rings is 1. The quantitative estimate of drug-likeness (QED) is 0.777. The van der Waals surface area contributed by atoms with Crippen LogP contribution in [0.25, 0.3) is 0 Å². The maximum atomic E-state index is 11.9. The number of carbonyl (C=O) groups is 1. The van der Waals surface area contributed by atoms with E-state index in [1.54, 1.807) is 12.1 Å². The van der Waals surface area contributed by atoms with Crippen molar-refractivity contribution in [2.45, 2.75) is 25.8 Å². The summed E-state index contributed by atoms with van der Waals surface area (Å²) < 4.78 is 0. The van der Waals surface area contributed by atoms with Crippen molar-refractivity contribution in [3.63, 3.8) is 0 Å². The van der Waals surface area contributed by atoms with E-state index in [1.165, 1.54) is 0 Å². The zero-order valence-corrected chi connectivity index (χ0v) is 10.2. The molecule has 0 radical (unpaired) electrons. The van der Waals surface area contributed by atoms with E-state index in [2.05, 4.69) is 24.8 Å². The largest absolute Gasteiger partial charge is 0.298 e. The van der Waals surface area contributed by atoms with Gasteiger partial charge in [-0.25, -0.2) is 0 Å². The Morgan fingerprint density at radius 2 is 2.00 bits per heavy atom. The summed E-state index contributed by atoms with van der Waals surface area (Å²) in [6.07, 6.45) is 0. The molecule has 1 fully saturated rings. The first-order chi connectivity index (χ1) is 8.11. The van der Waals surface area contributed by atoms with E-state index >= 15 is 0 Å². The molecule has 1 heterocycles. The molecule has 1 atom stereocenters. The topological polar surface area (TPSA) is 44.1 Å². The van der Waals surface area contributed by atoms with Gasteiger partial charge in [0.1, 0.15) is 0 Å². The number of Topliss-reactive ketones (excluding diaryl/α,β-unsaturated/α-hetero) is 1. The van der Waals surface area contributed by atoms with Crippen LogP contribution in [-0.2, 0) is 4.79 Å². The number of carbonyl (C=O) groups excluding carboxylic acids is 1. The van der Waals surface area contributed by atoms with Gasteiger partial charge >= 0.3 is 0 Å². The van der Waals surface area contributed by atoms with E-state index in [-0.39, 0.29) is 11.7 Å². The second-order valence-electron chi connectivity index (χ2n) is 4.78. The normalized spacial score (nSPS) is 20.8. The van der Waals surface area contributed by atoms with Gasteiger partial charge in [-0.05, 0) is 31.5 Å². The Hall–Kier alpha value is -1.66. The van der Waals surface area contributed by atoms with Crippen LogP contribution >= 0.6 is 0 Å². The summed E-state index contributed by atoms with van der Waals surface area (Å²) in [4.78, 5) is 14.1. The minimum Gasteiger partial charge on any atom is -0.298 e. The number of rotatable bonds is 2. The Morgan fingerprint density at radius 1 is 1.35 bits per heavy atom. The van der Waals surface area contributed by atoms with E-state index in [0.29, 0.717) is 18.2 Å². The van der Waals surface area contributed by atoms with Gasteiger partial charge in [0, 0.05) is 12.6 Å². The molecule has 1 aliphatic rings. The van der Waals surface area contributed by atoms with Crippen LogP contribution in [0.3, 0.4) is 0 Å². The molecule has 88 valence electrons. The summed E-state index contributed by atoms with van der Waals surface area (Å²) >= 11 is 0. The molecule has 1 aliphatic heterocycles. The molecule has 0 aromatic heterocycles. The molecule has 0 bridgehead atoms. The Kier molecular flexibility index (Phi) is 3.26. The molecule has 2 rings (SSSR count). The van der Waals surface area contributed by atoms with Gasteiger partial charge in [0.2, 0.25) is 0 Å². The minimum atomic E-state index is -0.0230. The summed E-state index contributed by atoms with van der Waals surface area (Å²) in [5.74, 6) is 0.258. The smallest absolute Gasteiger partial charge is 0.155 e. The SMILES string of the molecule is CC(C)N1CC(=O)C(c2ccc(C#N)cc2)C1. The zero-order chi connectivity index (χ0) is 12.4. The van der Waals surface area contributed by atoms with Crippen molar-refractivity contribution in [2.24, 2.45) is 0 Å². The van der Waals surface area contributed by atoms with Crippen molar-refractivity contribution in [3.05, 3.63) is 35.4 Å². The minimum absolute atomic E-state index is 0.0230. The fourth-order valence-electron chi connectivity index (χ4n) is 2.19. The molecule has 1 unspecified atom stereocenters. The third-order valence-corrected chi connectivity index (χ3v) is 3.34. The summed E-state index contributed by atoms with van der Waals surface area (Å²) in [6.45, 7) is 5.55. The highest BCUT2D eigenvalue weighted by Crippen LogP contribution is 2.25. The number of ketones is 1. The third-order valence-electron chi connectivity index (χ3n) is 3.34. The second kappa shape index (κ2) is 4.68. The standard InChI is InChI=1S/C14H16N2O/c1-10(2)16-8-13(14(17)9-16)12-5-3-11(7-15)4-6-12/h3-6,10,13H,8-9H2,1-2H3. The van der Waals surface area contributed by atoms with Gasteiger partial charge in [-0.3, -0.25) is 9.69 Å². The third kappa shape index (κ3) is 2.37. The summed E-state index contributed by atoms with van der Waals surface area (Å²) in [6, 6.07) is 9.84. The number of nitrogens with zero attached hydrogens (tertiary/aromatic N) is 2. The lowest BCUT2D eigenvalue weighted by atomic mass is 9.96. The van der Waals surface area contributed by atoms with Crippen LogP contribution in [0.4, 0.5) is 0 Å². The van der Waals surface area contributed by atoms with E-state index in [4.69, 9.17) is 5.26 Å². The Labute approximate surface area is 102 Å². The van der Waals surface area contributed by atoms with Gasteiger partial charge in [-0.15, -0.1) is 0 Å². The predicted octanol–water partition coefficient (Wildman–Crippen LogP) is 1.93. The number of hydrogen-bond donors (Lipinski definition) is 0. The van der Waals surface area contributed by atoms with Gasteiger partial charge in [-0.1, -0.05) is 12.1 Å². The van der Waals surface area contributed by atoms with Crippen LogP contribution in [0.2, 0.25) is 0 Å². The van der Waals surface area contributed by atoms with Crippen molar-refractivity contribution in [2.75, 3.05) is 13.1 Å². The molecule has 1 aromatic carbocycles. The fraction of sp³-hybridized carbons (Fsp3) is 0.429. The van der Waals surface area contributed by atoms with E-state index in [1.807, 2.05) is 12.1 Å². The summed E-state index contributed by atoms with van der Waals surface area (Å²) in [5, 5.41) is 8.74. The first-order valence-electron chi connectivity index (χ1n) is 5.88. The average molecular weight is 228 g/mol. The Balaban J connectivity index is 2.18. The molecule has 3 nitrogen and oxygen atoms in total. The molecule has 0 aliphatic carbocycles. The number of nitriles is 1. The van der Waals surface area contributed by atoms with Crippen LogP contribution < -0.4 is 0 Å². The maximum absolute atomic E-state index is 11.9. The first kappa shape index (κ1) is 11.8. The van der Waals surface area contributed by atoms with Crippen molar-refractivity contribution in [1.82, 2.24) is 4.90 Å². The van der Waals surface area contributed by atoms with Crippen molar-refractivity contribution in [1.29, 1.82) is 5.26 Å². The molecule has 0 spiro atoms. The van der Waals surface area contributed by atoms with Crippen LogP contribution in [0.15, 0.2) is 24.3 Å². The molecular weight excluding hydrogens is 212 g/mol. The van der Waals surface area contributed by atoms with Gasteiger partial charge in [-0.2, -0.15) is 5.26 Å². The van der Waals surface area contributed by atoms with E-state index in [0.717, 1.165) is 12.1 Å². The molecule has 0 N–H and O–H groups in total. The predicted molar refractivity (Wildman–Crippen MR) is 65.6 cm³/mol. The highest BCUT2D eigenvalue weighted by Gasteiger charge is 2.32. The van der Waals surface area contributed by atoms with E-state index in [9.17, 15) is 4.79 Å². The van der Waals surface area contributed by atoms with Crippen molar-refractivity contribution < 1.29 is 4.79 Å². The highest BCUT2D eigenvalue weighted by molar-refractivity contribution is 5.89. The fourth-order valence-corrected chi connectivity index (χ4v) is 2.19. The van der Waals surface area contributed by atoms with Gasteiger partial charge in [0.15, 0.2) is 5.78 Å². The molecular formula is C14H16N2O. The van der Waals surface area contributed by atoms with Crippen LogP contribution in [0.1, 0.15) is 30.9 Å². The second-order valence-corrected chi connectivity index (χ2v) is 4.78. The lowest BCUT2D eigenvalue weighted by molar-refractivity contribution is -0.118. The lowest BCUT2D eigenvalue weighted by Gasteiger charge is -2.19. The monoisotopic (exact) mass is 228 g/mol. The van der Waals surface area contributed by atoms with Gasteiger partial charge in [0.05, 0.1) is 24.1 Å². The first-order valence-corrected chi connectivity index (χ1v) is 5.88. The van der Waals surface area contributed by atoms with Crippen molar-refractivity contribution >= 4 is 5.78 Å². The van der Waals surface area contributed by atoms with Crippen molar-refractivity contribution in [3.8, 4) is 6.07 Å². The molecule has 1 saturated heterocycles. The highest BCUT2D eigenvalue weighted by atomic mass is 16.1. The molecule has 1 aromatic rings. The maximum Gasteiger partial charge on any atom is 0.155 e. The number of hydrogen-bond acceptors (Lipinski definition) is 3. The Bertz CT molecular complexity index is 456. The summed E-state index contributed by atoms with van der Waals surface area (Å²) in [7, 11) is 0. The molecule has 17 heavy (non-hydrogen) atoms. The molecule has 0 saturated carbocycles. The van der Waals surface area contributed by atoms with E-state index < -0.39 is 0 Å². The number of likely N-dealkylation sites (tertiary alicyclic amines) is 1. The zero-order valence-electron chi connectivity index (χ0n) is 10.2. The van der Waals surface area contributed by atoms with Gasteiger partial charge < -0.3 is 0 Å². The Morgan fingerprint density at radius 3 is 2.47 bits per heavy atom. The van der Waals surface area contributed by atoms with Gasteiger partial charge in [0.25, 0.3) is 0 Å². The molecule has 3 heteroatoms. The molecule has 0 amide bonds. The average Bonchev–Trinajstić information content (AvgIpc) is 2.72. The van der Waals surface area contributed by atoms with Crippen LogP contribution in [0, 0.1) is 11.3 Å². The van der Waals surface area contributed by atoms with Crippen LogP contribution in [0.5, 0.6) is 0 Å². The lowest BCUT2D eigenvalue weighted by Crippen LogP contribution is -2.28. The van der Waals surface area contributed by atoms with Crippen LogP contribution in [-0.4, -0.2) is 29.8 Å². The summed E-state index contributed by atoms with van der Waals surface area (Å²) in [5.41, 5.74) is 1.66.